The van der Waals surface area contributed by atoms with Crippen LogP contribution >= 0.6 is 0 Å². The van der Waals surface area contributed by atoms with E-state index in [0.29, 0.717) is 0 Å². The number of anilines is 1. The molecular formula is C12H11N5. The lowest BCUT2D eigenvalue weighted by Gasteiger charge is -2.12. The summed E-state index contributed by atoms with van der Waals surface area (Å²) in [6, 6.07) is 7.89. The number of H-pyrrole nitrogens is 1. The maximum absolute atomic E-state index is 8.35. The molecule has 5 nitrogen and oxygen atoms in total. The Bertz CT molecular complexity index is 533. The van der Waals surface area contributed by atoms with E-state index < -0.39 is 0 Å². The number of nitrogens with one attached hydrogen (secondary N) is 1. The molecule has 2 aromatic rings. The van der Waals surface area contributed by atoms with Gasteiger partial charge in [-0.3, -0.25) is 0 Å². The average molecular weight is 225 g/mol. The van der Waals surface area contributed by atoms with E-state index in [9.17, 15) is 0 Å². The zero-order valence-electron chi connectivity index (χ0n) is 9.33. The first-order valence-corrected chi connectivity index (χ1v) is 5.05. The molecule has 1 N–H and O–H groups in total. The second-order valence-electron chi connectivity index (χ2n) is 3.47. The topological polar surface area (TPSA) is 68.1 Å². The Morgan fingerprint density at radius 2 is 2.18 bits per heavy atom. The summed E-state index contributed by atoms with van der Waals surface area (Å²) in [6.45, 7) is 0. The standard InChI is InChI=1S/C12H11N5/c1-17(9-15-7-13)11-4-2-10(3-5-11)12-6-14-8-16-12/h2-6,8-9H,1H3,(H,14,16). The lowest BCUT2D eigenvalue weighted by atomic mass is 10.1. The zero-order valence-corrected chi connectivity index (χ0v) is 9.33. The van der Waals surface area contributed by atoms with Gasteiger partial charge in [0.2, 0.25) is 6.19 Å². The highest BCUT2D eigenvalue weighted by Crippen LogP contribution is 2.19. The van der Waals surface area contributed by atoms with Gasteiger partial charge in [-0.15, -0.1) is 0 Å². The van der Waals surface area contributed by atoms with Crippen molar-refractivity contribution < 1.29 is 0 Å². The number of aromatic amines is 1. The van der Waals surface area contributed by atoms with Gasteiger partial charge in [-0.05, 0) is 17.7 Å². The van der Waals surface area contributed by atoms with Gasteiger partial charge in [0.1, 0.15) is 6.34 Å². The van der Waals surface area contributed by atoms with Crippen LogP contribution in [0.3, 0.4) is 0 Å². The van der Waals surface area contributed by atoms with Crippen LogP contribution in [-0.4, -0.2) is 23.4 Å². The van der Waals surface area contributed by atoms with E-state index in [1.807, 2.05) is 31.3 Å². The van der Waals surface area contributed by atoms with Crippen LogP contribution in [0.1, 0.15) is 0 Å². The summed E-state index contributed by atoms with van der Waals surface area (Å²) >= 11 is 0. The highest BCUT2D eigenvalue weighted by atomic mass is 15.1. The molecule has 0 atom stereocenters. The predicted octanol–water partition coefficient (Wildman–Crippen LogP) is 2.02. The van der Waals surface area contributed by atoms with Crippen molar-refractivity contribution >= 4 is 12.0 Å². The molecular weight excluding hydrogens is 214 g/mol. The summed E-state index contributed by atoms with van der Waals surface area (Å²) in [4.78, 5) is 12.3. The van der Waals surface area contributed by atoms with E-state index in [0.717, 1.165) is 16.9 Å². The minimum absolute atomic E-state index is 0.965. The van der Waals surface area contributed by atoms with Crippen LogP contribution in [0.5, 0.6) is 0 Å². The first-order valence-electron chi connectivity index (χ1n) is 5.05. The van der Waals surface area contributed by atoms with Crippen molar-refractivity contribution in [2.24, 2.45) is 4.99 Å². The van der Waals surface area contributed by atoms with Crippen LogP contribution in [0.15, 0.2) is 41.8 Å². The summed E-state index contributed by atoms with van der Waals surface area (Å²) in [5, 5.41) is 8.35. The monoisotopic (exact) mass is 225 g/mol. The van der Waals surface area contributed by atoms with Crippen LogP contribution in [-0.2, 0) is 0 Å². The van der Waals surface area contributed by atoms with Gasteiger partial charge >= 0.3 is 0 Å². The van der Waals surface area contributed by atoms with Gasteiger partial charge in [0.25, 0.3) is 0 Å². The molecule has 2 rings (SSSR count). The molecule has 0 radical (unpaired) electrons. The van der Waals surface area contributed by atoms with Crippen LogP contribution in [0, 0.1) is 11.5 Å². The van der Waals surface area contributed by atoms with Crippen LogP contribution < -0.4 is 4.90 Å². The fourth-order valence-corrected chi connectivity index (χ4v) is 1.47. The number of hydrogen-bond acceptors (Lipinski definition) is 3. The fourth-order valence-electron chi connectivity index (χ4n) is 1.47. The lowest BCUT2D eigenvalue weighted by molar-refractivity contribution is 1.28. The largest absolute Gasteiger partial charge is 0.345 e. The van der Waals surface area contributed by atoms with Crippen molar-refractivity contribution in [1.82, 2.24) is 9.97 Å². The van der Waals surface area contributed by atoms with Gasteiger partial charge in [-0.2, -0.15) is 10.3 Å². The van der Waals surface area contributed by atoms with E-state index in [1.165, 1.54) is 6.34 Å². The van der Waals surface area contributed by atoms with Crippen LogP contribution in [0.2, 0.25) is 0 Å². The van der Waals surface area contributed by atoms with Gasteiger partial charge in [0, 0.05) is 12.7 Å². The summed E-state index contributed by atoms with van der Waals surface area (Å²) < 4.78 is 0. The minimum atomic E-state index is 0.965. The highest BCUT2D eigenvalue weighted by molar-refractivity contribution is 5.79. The van der Waals surface area contributed by atoms with Crippen molar-refractivity contribution in [3.63, 3.8) is 0 Å². The molecule has 17 heavy (non-hydrogen) atoms. The Balaban J connectivity index is 2.19. The summed E-state index contributed by atoms with van der Waals surface area (Å²) in [7, 11) is 1.84. The van der Waals surface area contributed by atoms with Crippen LogP contribution in [0.25, 0.3) is 11.3 Å². The first-order chi connectivity index (χ1) is 8.31. The van der Waals surface area contributed by atoms with Crippen molar-refractivity contribution in [2.45, 2.75) is 0 Å². The van der Waals surface area contributed by atoms with Gasteiger partial charge in [0.05, 0.1) is 18.2 Å². The summed E-state index contributed by atoms with van der Waals surface area (Å²) in [5.74, 6) is 0. The number of aliphatic imine (C=N–C) groups is 1. The normalized spacial score (nSPS) is 10.4. The second-order valence-corrected chi connectivity index (χ2v) is 3.47. The average Bonchev–Trinajstić information content (AvgIpc) is 2.90. The molecule has 0 saturated heterocycles. The smallest absolute Gasteiger partial charge is 0.207 e. The number of nitriles is 1. The Morgan fingerprint density at radius 1 is 1.41 bits per heavy atom. The Kier molecular flexibility index (Phi) is 3.17. The van der Waals surface area contributed by atoms with E-state index in [-0.39, 0.29) is 0 Å². The Morgan fingerprint density at radius 3 is 2.76 bits per heavy atom. The minimum Gasteiger partial charge on any atom is -0.345 e. The third kappa shape index (κ3) is 2.49. The molecule has 84 valence electrons. The summed E-state index contributed by atoms with van der Waals surface area (Å²) in [6.07, 6.45) is 6.62. The number of imidazole rings is 1. The molecule has 0 aliphatic rings. The lowest BCUT2D eigenvalue weighted by Crippen LogP contribution is -2.13. The second kappa shape index (κ2) is 4.94. The van der Waals surface area contributed by atoms with E-state index >= 15 is 0 Å². The molecule has 0 fully saturated rings. The van der Waals surface area contributed by atoms with Crippen molar-refractivity contribution in [3.05, 3.63) is 36.8 Å². The third-order valence-electron chi connectivity index (χ3n) is 2.37. The van der Waals surface area contributed by atoms with E-state index in [1.54, 1.807) is 23.6 Å². The molecule has 1 aromatic heterocycles. The van der Waals surface area contributed by atoms with Crippen molar-refractivity contribution in [2.75, 3.05) is 11.9 Å². The molecule has 0 saturated carbocycles. The van der Waals surface area contributed by atoms with Gasteiger partial charge in [-0.1, -0.05) is 12.1 Å². The molecule has 0 spiro atoms. The van der Waals surface area contributed by atoms with Crippen LogP contribution in [0.4, 0.5) is 5.69 Å². The number of rotatable bonds is 3. The zero-order chi connectivity index (χ0) is 12.1. The third-order valence-corrected chi connectivity index (χ3v) is 2.37. The molecule has 0 aliphatic heterocycles. The maximum Gasteiger partial charge on any atom is 0.207 e. The van der Waals surface area contributed by atoms with E-state index in [4.69, 9.17) is 5.26 Å². The number of nitrogens with zero attached hydrogens (tertiary/aromatic N) is 4. The highest BCUT2D eigenvalue weighted by Gasteiger charge is 2.00. The van der Waals surface area contributed by atoms with Gasteiger partial charge in [0.15, 0.2) is 0 Å². The first kappa shape index (κ1) is 10.9. The molecule has 5 heteroatoms. The molecule has 0 aliphatic carbocycles. The van der Waals surface area contributed by atoms with Crippen molar-refractivity contribution in [1.29, 1.82) is 5.26 Å². The summed E-state index contributed by atoms with van der Waals surface area (Å²) in [5.41, 5.74) is 3.01. The molecule has 0 bridgehead atoms. The maximum atomic E-state index is 8.35. The SMILES string of the molecule is CN(C=NC#N)c1ccc(-c2cnc[nH]2)cc1. The molecule has 0 amide bonds. The van der Waals surface area contributed by atoms with Crippen molar-refractivity contribution in [3.8, 4) is 17.5 Å². The van der Waals surface area contributed by atoms with E-state index in [2.05, 4.69) is 15.0 Å². The molecule has 0 unspecified atom stereocenters. The number of hydrogen-bond donors (Lipinski definition) is 1. The number of aromatic nitrogens is 2. The van der Waals surface area contributed by atoms with Gasteiger partial charge < -0.3 is 9.88 Å². The quantitative estimate of drug-likeness (QED) is 0.493. The van der Waals surface area contributed by atoms with Gasteiger partial charge in [-0.25, -0.2) is 4.98 Å². The Labute approximate surface area is 99.1 Å². The Hall–Kier alpha value is -2.61. The number of benzene rings is 1. The molecule has 1 aromatic carbocycles. The molecule has 1 heterocycles. The predicted molar refractivity (Wildman–Crippen MR) is 66.5 cm³/mol. The fraction of sp³-hybridized carbons (Fsp3) is 0.0833.